The maximum Gasteiger partial charge on any atom is 0.221 e. The summed E-state index contributed by atoms with van der Waals surface area (Å²) in [5.41, 5.74) is 1.98. The zero-order valence-corrected chi connectivity index (χ0v) is 7.92. The molecule has 0 atom stereocenters. The highest BCUT2D eigenvalue weighted by molar-refractivity contribution is 5.89. The van der Waals surface area contributed by atoms with Gasteiger partial charge in [-0.05, 0) is 18.7 Å². The molecule has 0 saturated carbocycles. The molecule has 3 heteroatoms. The SMILES string of the molecule is CNCc1ccccc1NC(C)=O. The molecule has 1 amide bonds. The van der Waals surface area contributed by atoms with Gasteiger partial charge in [0.15, 0.2) is 0 Å². The first-order chi connectivity index (χ1) is 6.24. The lowest BCUT2D eigenvalue weighted by Gasteiger charge is -2.08. The summed E-state index contributed by atoms with van der Waals surface area (Å²) in [4.78, 5) is 10.8. The quantitative estimate of drug-likeness (QED) is 0.733. The van der Waals surface area contributed by atoms with Gasteiger partial charge < -0.3 is 10.6 Å². The highest BCUT2D eigenvalue weighted by atomic mass is 16.1. The van der Waals surface area contributed by atoms with Crippen LogP contribution in [0.5, 0.6) is 0 Å². The molecule has 0 aromatic heterocycles. The summed E-state index contributed by atoms with van der Waals surface area (Å²) in [6, 6.07) is 7.75. The molecule has 0 spiro atoms. The zero-order chi connectivity index (χ0) is 9.68. The van der Waals surface area contributed by atoms with Gasteiger partial charge in [-0.25, -0.2) is 0 Å². The molecular formula is C10H14N2O. The van der Waals surface area contributed by atoms with Crippen LogP contribution in [0.3, 0.4) is 0 Å². The summed E-state index contributed by atoms with van der Waals surface area (Å²) in [7, 11) is 1.88. The molecule has 0 saturated heterocycles. The summed E-state index contributed by atoms with van der Waals surface area (Å²) in [5.74, 6) is -0.0384. The number of carbonyl (C=O) groups is 1. The molecular weight excluding hydrogens is 164 g/mol. The summed E-state index contributed by atoms with van der Waals surface area (Å²) < 4.78 is 0. The fourth-order valence-corrected chi connectivity index (χ4v) is 1.18. The van der Waals surface area contributed by atoms with Crippen molar-refractivity contribution < 1.29 is 4.79 Å². The highest BCUT2D eigenvalue weighted by Crippen LogP contribution is 2.14. The lowest BCUT2D eigenvalue weighted by atomic mass is 10.2. The smallest absolute Gasteiger partial charge is 0.221 e. The molecule has 0 aliphatic rings. The average Bonchev–Trinajstić information content (AvgIpc) is 2.08. The molecule has 70 valence electrons. The first-order valence-corrected chi connectivity index (χ1v) is 4.24. The van der Waals surface area contributed by atoms with Crippen molar-refractivity contribution in [3.8, 4) is 0 Å². The standard InChI is InChI=1S/C10H14N2O/c1-8(13)12-10-6-4-3-5-9(10)7-11-2/h3-6,11H,7H2,1-2H3,(H,12,13). The van der Waals surface area contributed by atoms with Gasteiger partial charge >= 0.3 is 0 Å². The molecule has 0 unspecified atom stereocenters. The highest BCUT2D eigenvalue weighted by Gasteiger charge is 2.00. The fourth-order valence-electron chi connectivity index (χ4n) is 1.18. The Hall–Kier alpha value is -1.35. The number of nitrogens with one attached hydrogen (secondary N) is 2. The number of carbonyl (C=O) groups excluding carboxylic acids is 1. The Balaban J connectivity index is 2.84. The molecule has 0 aliphatic heterocycles. The van der Waals surface area contributed by atoms with Crippen molar-refractivity contribution in [1.82, 2.24) is 5.32 Å². The Bertz CT molecular complexity index is 297. The molecule has 1 aromatic carbocycles. The van der Waals surface area contributed by atoms with Crippen LogP contribution in [0.25, 0.3) is 0 Å². The van der Waals surface area contributed by atoms with Gasteiger partial charge in [-0.2, -0.15) is 0 Å². The van der Waals surface area contributed by atoms with Gasteiger partial charge in [-0.1, -0.05) is 18.2 Å². The van der Waals surface area contributed by atoms with Crippen LogP contribution in [-0.4, -0.2) is 13.0 Å². The van der Waals surface area contributed by atoms with E-state index in [1.807, 2.05) is 31.3 Å². The lowest BCUT2D eigenvalue weighted by Crippen LogP contribution is -2.11. The Morgan fingerprint density at radius 1 is 1.38 bits per heavy atom. The third-order valence-corrected chi connectivity index (χ3v) is 1.70. The van der Waals surface area contributed by atoms with Crippen molar-refractivity contribution in [3.63, 3.8) is 0 Å². The number of hydrogen-bond donors (Lipinski definition) is 2. The Labute approximate surface area is 78.2 Å². The zero-order valence-electron chi connectivity index (χ0n) is 7.92. The third kappa shape index (κ3) is 2.87. The predicted octanol–water partition coefficient (Wildman–Crippen LogP) is 1.36. The van der Waals surface area contributed by atoms with E-state index in [1.54, 1.807) is 0 Å². The molecule has 1 aromatic rings. The maximum absolute atomic E-state index is 10.8. The van der Waals surface area contributed by atoms with Crippen molar-refractivity contribution >= 4 is 11.6 Å². The molecule has 0 heterocycles. The van der Waals surface area contributed by atoms with Gasteiger partial charge in [0, 0.05) is 19.2 Å². The van der Waals surface area contributed by atoms with Crippen molar-refractivity contribution in [2.75, 3.05) is 12.4 Å². The molecule has 13 heavy (non-hydrogen) atoms. The van der Waals surface area contributed by atoms with E-state index < -0.39 is 0 Å². The monoisotopic (exact) mass is 178 g/mol. The number of rotatable bonds is 3. The Morgan fingerprint density at radius 2 is 2.08 bits per heavy atom. The molecule has 1 rings (SSSR count). The van der Waals surface area contributed by atoms with Gasteiger partial charge in [0.05, 0.1) is 0 Å². The molecule has 0 fully saturated rings. The first kappa shape index (κ1) is 9.74. The van der Waals surface area contributed by atoms with Crippen LogP contribution in [0.15, 0.2) is 24.3 Å². The van der Waals surface area contributed by atoms with E-state index in [1.165, 1.54) is 6.92 Å². The average molecular weight is 178 g/mol. The molecule has 3 nitrogen and oxygen atoms in total. The Kier molecular flexibility index (Phi) is 3.46. The van der Waals surface area contributed by atoms with Gasteiger partial charge in [-0.3, -0.25) is 4.79 Å². The van der Waals surface area contributed by atoms with E-state index in [2.05, 4.69) is 10.6 Å². The summed E-state index contributed by atoms with van der Waals surface area (Å²) in [6.45, 7) is 2.27. The second-order valence-electron chi connectivity index (χ2n) is 2.87. The lowest BCUT2D eigenvalue weighted by molar-refractivity contribution is -0.114. The van der Waals surface area contributed by atoms with E-state index in [-0.39, 0.29) is 5.91 Å². The molecule has 0 radical (unpaired) electrons. The predicted molar refractivity (Wildman–Crippen MR) is 53.5 cm³/mol. The van der Waals surface area contributed by atoms with Crippen molar-refractivity contribution in [3.05, 3.63) is 29.8 Å². The third-order valence-electron chi connectivity index (χ3n) is 1.70. The summed E-state index contributed by atoms with van der Waals surface area (Å²) >= 11 is 0. The summed E-state index contributed by atoms with van der Waals surface area (Å²) in [6.07, 6.45) is 0. The van der Waals surface area contributed by atoms with Crippen molar-refractivity contribution in [2.45, 2.75) is 13.5 Å². The number of benzene rings is 1. The van der Waals surface area contributed by atoms with Crippen LogP contribution < -0.4 is 10.6 Å². The van der Waals surface area contributed by atoms with Crippen LogP contribution >= 0.6 is 0 Å². The number of para-hydroxylation sites is 1. The molecule has 0 aliphatic carbocycles. The number of amides is 1. The van der Waals surface area contributed by atoms with E-state index in [4.69, 9.17) is 0 Å². The first-order valence-electron chi connectivity index (χ1n) is 4.24. The van der Waals surface area contributed by atoms with Gasteiger partial charge in [0.2, 0.25) is 5.91 Å². The number of anilines is 1. The van der Waals surface area contributed by atoms with Crippen molar-refractivity contribution in [2.24, 2.45) is 0 Å². The van der Waals surface area contributed by atoms with Crippen molar-refractivity contribution in [1.29, 1.82) is 0 Å². The minimum atomic E-state index is -0.0384. The van der Waals surface area contributed by atoms with E-state index in [0.717, 1.165) is 17.8 Å². The second-order valence-corrected chi connectivity index (χ2v) is 2.87. The molecule has 2 N–H and O–H groups in total. The van der Waals surface area contributed by atoms with Crippen LogP contribution in [0, 0.1) is 0 Å². The van der Waals surface area contributed by atoms with Gasteiger partial charge in [0.1, 0.15) is 0 Å². The van der Waals surface area contributed by atoms with E-state index in [9.17, 15) is 4.79 Å². The van der Waals surface area contributed by atoms with Crippen LogP contribution in [0.1, 0.15) is 12.5 Å². The largest absolute Gasteiger partial charge is 0.326 e. The Morgan fingerprint density at radius 3 is 2.69 bits per heavy atom. The molecule has 0 bridgehead atoms. The van der Waals surface area contributed by atoms with Crippen LogP contribution in [-0.2, 0) is 11.3 Å². The normalized spacial score (nSPS) is 9.69. The van der Waals surface area contributed by atoms with Crippen LogP contribution in [0.4, 0.5) is 5.69 Å². The van der Waals surface area contributed by atoms with Gasteiger partial charge in [0.25, 0.3) is 0 Å². The maximum atomic E-state index is 10.8. The van der Waals surface area contributed by atoms with Crippen LogP contribution in [0.2, 0.25) is 0 Å². The fraction of sp³-hybridized carbons (Fsp3) is 0.300. The topological polar surface area (TPSA) is 41.1 Å². The van der Waals surface area contributed by atoms with E-state index in [0.29, 0.717) is 0 Å². The second kappa shape index (κ2) is 4.62. The van der Waals surface area contributed by atoms with Gasteiger partial charge in [-0.15, -0.1) is 0 Å². The van der Waals surface area contributed by atoms with E-state index >= 15 is 0 Å². The summed E-state index contributed by atoms with van der Waals surface area (Å²) in [5, 5.41) is 5.83. The number of hydrogen-bond acceptors (Lipinski definition) is 2. The minimum absolute atomic E-state index is 0.0384. The minimum Gasteiger partial charge on any atom is -0.326 e.